The second-order valence-corrected chi connectivity index (χ2v) is 5.68. The van der Waals surface area contributed by atoms with Crippen molar-refractivity contribution in [3.05, 3.63) is 35.5 Å². The minimum atomic E-state index is 0.524. The minimum absolute atomic E-state index is 0.524. The average Bonchev–Trinajstić information content (AvgIpc) is 2.55. The highest BCUT2D eigenvalue weighted by Crippen LogP contribution is 2.25. The van der Waals surface area contributed by atoms with Gasteiger partial charge in [-0.1, -0.05) is 32.0 Å². The van der Waals surface area contributed by atoms with E-state index in [1.807, 2.05) is 14.1 Å². The molecule has 1 heterocycles. The highest BCUT2D eigenvalue weighted by atomic mass is 15.3. The number of rotatable bonds is 8. The summed E-state index contributed by atoms with van der Waals surface area (Å²) in [4.78, 5) is 6.62. The molecule has 0 aliphatic heterocycles. The quantitative estimate of drug-likeness (QED) is 0.781. The summed E-state index contributed by atoms with van der Waals surface area (Å²) in [6, 6.07) is 6.36. The number of aryl methyl sites for hydroxylation is 2. The lowest BCUT2D eigenvalue weighted by Crippen LogP contribution is -2.21. The van der Waals surface area contributed by atoms with Crippen molar-refractivity contribution in [1.82, 2.24) is 20.1 Å². The molecule has 1 aromatic heterocycles. The van der Waals surface area contributed by atoms with Crippen LogP contribution >= 0.6 is 0 Å². The lowest BCUT2D eigenvalue weighted by molar-refractivity contribution is 0.425. The molecular weight excluding hydrogens is 288 g/mol. The van der Waals surface area contributed by atoms with Crippen LogP contribution in [0.4, 0.5) is 17.5 Å². The summed E-state index contributed by atoms with van der Waals surface area (Å²) in [6.45, 7) is 6.05. The van der Waals surface area contributed by atoms with Crippen LogP contribution in [0.1, 0.15) is 25.0 Å². The van der Waals surface area contributed by atoms with Crippen molar-refractivity contribution in [2.45, 2.75) is 26.7 Å². The van der Waals surface area contributed by atoms with Crippen LogP contribution in [0.2, 0.25) is 0 Å². The van der Waals surface area contributed by atoms with E-state index < -0.39 is 0 Å². The summed E-state index contributed by atoms with van der Waals surface area (Å²) in [5.74, 6) is 1.26. The van der Waals surface area contributed by atoms with Crippen LogP contribution in [0.25, 0.3) is 0 Å². The van der Waals surface area contributed by atoms with E-state index in [1.165, 1.54) is 11.1 Å². The monoisotopic (exact) mass is 314 g/mol. The topological polar surface area (TPSA) is 66.0 Å². The standard InChI is InChI=1S/C17H26N6/c1-5-13-8-7-9-14(6-2)16(13)21-17-20-15(12-19-22-17)18-10-11-23(3)4/h7-9,12H,5-6,10-11H2,1-4H3,(H2,18,20,21,22). The molecule has 2 rings (SSSR count). The van der Waals surface area contributed by atoms with Crippen molar-refractivity contribution in [3.63, 3.8) is 0 Å². The van der Waals surface area contributed by atoms with Gasteiger partial charge in [0.25, 0.3) is 0 Å². The Kier molecular flexibility index (Phi) is 6.29. The molecule has 0 atom stereocenters. The maximum atomic E-state index is 4.50. The van der Waals surface area contributed by atoms with E-state index in [4.69, 9.17) is 0 Å². The van der Waals surface area contributed by atoms with Crippen LogP contribution in [-0.2, 0) is 12.8 Å². The number of hydrogen-bond donors (Lipinski definition) is 2. The molecule has 124 valence electrons. The molecule has 0 saturated carbocycles. The molecule has 6 heteroatoms. The van der Waals surface area contributed by atoms with Crippen LogP contribution in [0.15, 0.2) is 24.4 Å². The molecular formula is C17H26N6. The van der Waals surface area contributed by atoms with Gasteiger partial charge in [-0.05, 0) is 38.1 Å². The summed E-state index contributed by atoms with van der Waals surface area (Å²) in [6.07, 6.45) is 3.57. The molecule has 2 N–H and O–H groups in total. The van der Waals surface area contributed by atoms with Crippen LogP contribution in [0.5, 0.6) is 0 Å². The van der Waals surface area contributed by atoms with E-state index in [1.54, 1.807) is 6.20 Å². The highest BCUT2D eigenvalue weighted by molar-refractivity contribution is 5.64. The molecule has 0 saturated heterocycles. The minimum Gasteiger partial charge on any atom is -0.367 e. The van der Waals surface area contributed by atoms with Crippen LogP contribution in [-0.4, -0.2) is 47.3 Å². The van der Waals surface area contributed by atoms with Gasteiger partial charge in [-0.15, -0.1) is 5.10 Å². The first-order valence-electron chi connectivity index (χ1n) is 8.10. The summed E-state index contributed by atoms with van der Waals surface area (Å²) in [5, 5.41) is 14.8. The van der Waals surface area contributed by atoms with Gasteiger partial charge in [-0.25, -0.2) is 0 Å². The first-order valence-corrected chi connectivity index (χ1v) is 8.10. The van der Waals surface area contributed by atoms with Gasteiger partial charge in [0.05, 0.1) is 6.20 Å². The largest absolute Gasteiger partial charge is 0.367 e. The molecule has 0 aliphatic rings. The molecule has 0 fully saturated rings. The van der Waals surface area contributed by atoms with Gasteiger partial charge in [0, 0.05) is 18.8 Å². The number of hydrogen-bond acceptors (Lipinski definition) is 6. The lowest BCUT2D eigenvalue weighted by atomic mass is 10.0. The van der Waals surface area contributed by atoms with Gasteiger partial charge < -0.3 is 15.5 Å². The molecule has 0 spiro atoms. The van der Waals surface area contributed by atoms with E-state index in [-0.39, 0.29) is 0 Å². The molecule has 0 unspecified atom stereocenters. The second kappa shape index (κ2) is 8.43. The van der Waals surface area contributed by atoms with Gasteiger partial charge in [-0.3, -0.25) is 0 Å². The molecule has 6 nitrogen and oxygen atoms in total. The number of anilines is 3. The van der Waals surface area contributed by atoms with E-state index in [0.29, 0.717) is 5.95 Å². The lowest BCUT2D eigenvalue weighted by Gasteiger charge is -2.15. The maximum Gasteiger partial charge on any atom is 0.249 e. The second-order valence-electron chi connectivity index (χ2n) is 5.68. The fourth-order valence-corrected chi connectivity index (χ4v) is 2.36. The third-order valence-electron chi connectivity index (χ3n) is 3.66. The number of benzene rings is 1. The Hall–Kier alpha value is -2.21. The molecule has 23 heavy (non-hydrogen) atoms. The van der Waals surface area contributed by atoms with Crippen molar-refractivity contribution in [1.29, 1.82) is 0 Å². The first kappa shape index (κ1) is 17.1. The van der Waals surface area contributed by atoms with Gasteiger partial charge in [0.2, 0.25) is 5.95 Å². The predicted octanol–water partition coefficient (Wildman–Crippen LogP) is 2.71. The van der Waals surface area contributed by atoms with Crippen LogP contribution in [0.3, 0.4) is 0 Å². The molecule has 0 bridgehead atoms. The summed E-state index contributed by atoms with van der Waals surface area (Å²) >= 11 is 0. The van der Waals surface area contributed by atoms with Crippen molar-refractivity contribution in [2.75, 3.05) is 37.8 Å². The Balaban J connectivity index is 2.14. The first-order chi connectivity index (χ1) is 11.1. The zero-order valence-electron chi connectivity index (χ0n) is 14.4. The molecule has 1 aromatic carbocycles. The third kappa shape index (κ3) is 4.89. The summed E-state index contributed by atoms with van der Waals surface area (Å²) < 4.78 is 0. The Morgan fingerprint density at radius 2 is 1.78 bits per heavy atom. The van der Waals surface area contributed by atoms with Gasteiger partial charge in [0.15, 0.2) is 5.82 Å². The third-order valence-corrected chi connectivity index (χ3v) is 3.66. The molecule has 0 radical (unpaired) electrons. The van der Waals surface area contributed by atoms with Gasteiger partial charge in [-0.2, -0.15) is 10.1 Å². The van der Waals surface area contributed by atoms with Gasteiger partial charge in [0.1, 0.15) is 0 Å². The number of nitrogens with one attached hydrogen (secondary N) is 2. The fraction of sp³-hybridized carbons (Fsp3) is 0.471. The van der Waals surface area contributed by atoms with Crippen LogP contribution < -0.4 is 10.6 Å². The van der Waals surface area contributed by atoms with Crippen molar-refractivity contribution in [2.24, 2.45) is 0 Å². The van der Waals surface area contributed by atoms with Crippen molar-refractivity contribution >= 4 is 17.5 Å². The molecule has 2 aromatic rings. The Labute approximate surface area is 138 Å². The van der Waals surface area contributed by atoms with E-state index >= 15 is 0 Å². The SMILES string of the molecule is CCc1cccc(CC)c1Nc1nncc(NCCN(C)C)n1. The van der Waals surface area contributed by atoms with E-state index in [9.17, 15) is 0 Å². The van der Waals surface area contributed by atoms with E-state index in [0.717, 1.165) is 37.4 Å². The Bertz CT molecular complexity index is 604. The number of likely N-dealkylation sites (N-methyl/N-ethyl adjacent to an activating group) is 1. The van der Waals surface area contributed by atoms with Crippen molar-refractivity contribution in [3.8, 4) is 0 Å². The van der Waals surface area contributed by atoms with Gasteiger partial charge >= 0.3 is 0 Å². The predicted molar refractivity (Wildman–Crippen MR) is 95.4 cm³/mol. The van der Waals surface area contributed by atoms with Crippen molar-refractivity contribution < 1.29 is 0 Å². The Morgan fingerprint density at radius 1 is 1.09 bits per heavy atom. The zero-order chi connectivity index (χ0) is 16.7. The summed E-state index contributed by atoms with van der Waals surface area (Å²) in [7, 11) is 4.09. The highest BCUT2D eigenvalue weighted by Gasteiger charge is 2.09. The zero-order valence-corrected chi connectivity index (χ0v) is 14.4. The fourth-order valence-electron chi connectivity index (χ4n) is 2.36. The smallest absolute Gasteiger partial charge is 0.249 e. The molecule has 0 amide bonds. The number of para-hydroxylation sites is 1. The van der Waals surface area contributed by atoms with E-state index in [2.05, 4.69) is 62.8 Å². The Morgan fingerprint density at radius 3 is 2.39 bits per heavy atom. The number of nitrogens with zero attached hydrogens (tertiary/aromatic N) is 4. The maximum absolute atomic E-state index is 4.50. The normalized spacial score (nSPS) is 10.8. The number of aromatic nitrogens is 3. The summed E-state index contributed by atoms with van der Waals surface area (Å²) in [5.41, 5.74) is 3.63. The van der Waals surface area contributed by atoms with Crippen LogP contribution in [0, 0.1) is 0 Å². The molecule has 0 aliphatic carbocycles. The average molecular weight is 314 g/mol.